The van der Waals surface area contributed by atoms with E-state index in [9.17, 15) is 33.9 Å². The van der Waals surface area contributed by atoms with Crippen molar-refractivity contribution in [2.75, 3.05) is 5.32 Å². The summed E-state index contributed by atoms with van der Waals surface area (Å²) in [4.78, 5) is 80.1. The van der Waals surface area contributed by atoms with Crippen LogP contribution in [0.15, 0.2) is 133 Å². The number of carboxylic acids is 1. The van der Waals surface area contributed by atoms with E-state index in [1.165, 1.54) is 12.5 Å². The summed E-state index contributed by atoms with van der Waals surface area (Å²) in [6.45, 7) is 7.97. The molecule has 346 valence electrons. The molecular formula is C53H61N5O8. The summed E-state index contributed by atoms with van der Waals surface area (Å²) in [6, 6.07) is 36.2. The van der Waals surface area contributed by atoms with Crippen molar-refractivity contribution >= 4 is 41.2 Å². The summed E-state index contributed by atoms with van der Waals surface area (Å²) in [7, 11) is 0. The van der Waals surface area contributed by atoms with Gasteiger partial charge >= 0.3 is 5.97 Å². The molecule has 0 aliphatic heterocycles. The molecule has 0 spiro atoms. The van der Waals surface area contributed by atoms with Gasteiger partial charge in [-0.05, 0) is 91.1 Å². The van der Waals surface area contributed by atoms with Crippen molar-refractivity contribution in [3.8, 4) is 5.75 Å². The van der Waals surface area contributed by atoms with Gasteiger partial charge in [0.1, 0.15) is 36.5 Å². The Morgan fingerprint density at radius 3 is 1.58 bits per heavy atom. The maximum Gasteiger partial charge on any atom is 0.325 e. The van der Waals surface area contributed by atoms with Crippen LogP contribution in [-0.2, 0) is 61.1 Å². The molecule has 0 aliphatic rings. The van der Waals surface area contributed by atoms with Gasteiger partial charge in [0.15, 0.2) is 0 Å². The maximum atomic E-state index is 14.4. The fourth-order valence-electron chi connectivity index (χ4n) is 7.13. The smallest absolute Gasteiger partial charge is 0.325 e. The number of ether oxygens (including phenoxy) is 1. The zero-order valence-electron chi connectivity index (χ0n) is 38.1. The third-order valence-corrected chi connectivity index (χ3v) is 10.8. The van der Waals surface area contributed by atoms with Gasteiger partial charge in [0.05, 0.1) is 0 Å². The number of anilines is 1. The van der Waals surface area contributed by atoms with Crippen molar-refractivity contribution in [3.05, 3.63) is 167 Å². The van der Waals surface area contributed by atoms with Gasteiger partial charge < -0.3 is 36.4 Å². The molecule has 4 unspecified atom stereocenters. The largest absolute Gasteiger partial charge is 0.489 e. The Balaban J connectivity index is 1.35. The van der Waals surface area contributed by atoms with Crippen molar-refractivity contribution in [1.82, 2.24) is 21.3 Å². The first-order chi connectivity index (χ1) is 31.7. The zero-order valence-corrected chi connectivity index (χ0v) is 38.1. The molecule has 0 radical (unpaired) electrons. The van der Waals surface area contributed by atoms with Crippen LogP contribution < -0.4 is 31.3 Å². The average molecular weight is 896 g/mol. The molecule has 0 bridgehead atoms. The molecular weight excluding hydrogens is 835 g/mol. The summed E-state index contributed by atoms with van der Waals surface area (Å²) in [5.41, 5.74) is 6.19. The Labute approximate surface area is 387 Å². The first kappa shape index (κ1) is 49.7. The lowest BCUT2D eigenvalue weighted by Gasteiger charge is -2.26. The summed E-state index contributed by atoms with van der Waals surface area (Å²) in [5, 5.41) is 23.2. The van der Waals surface area contributed by atoms with Crippen molar-refractivity contribution in [1.29, 1.82) is 0 Å². The molecule has 4 atom stereocenters. The highest BCUT2D eigenvalue weighted by atomic mass is 16.5. The maximum absolute atomic E-state index is 14.4. The summed E-state index contributed by atoms with van der Waals surface area (Å²) >= 11 is 0. The topological polar surface area (TPSA) is 192 Å². The number of aliphatic carboxylic acids is 1. The first-order valence-corrected chi connectivity index (χ1v) is 22.4. The SMILES string of the molecule is Cc1ccc(NC(=O)CCC(=O)NC(CCc2ccccc2)C(=O)NC(Cc2ccc(OCc3ccc(CC(C)C)cc3)cc2)C(=O)NC(Cc2ccccc2)C(=O)NC(C)C(=O)O)cc1. The Bertz CT molecular complexity index is 2360. The van der Waals surface area contributed by atoms with E-state index in [1.54, 1.807) is 60.7 Å². The molecule has 5 aromatic carbocycles. The van der Waals surface area contributed by atoms with E-state index >= 15 is 0 Å². The zero-order chi connectivity index (χ0) is 47.4. The van der Waals surface area contributed by atoms with Crippen LogP contribution in [0, 0.1) is 12.8 Å². The molecule has 0 saturated carbocycles. The fraction of sp³-hybridized carbons (Fsp3) is 0.321. The van der Waals surface area contributed by atoms with Crippen molar-refractivity contribution in [2.45, 2.75) is 103 Å². The van der Waals surface area contributed by atoms with Gasteiger partial charge in [-0.15, -0.1) is 0 Å². The standard InChI is InChI=1S/C53H61N5O8/c1-35(2)31-40-17-19-42(20-18-40)34-66-44-26-21-41(22-27-44)33-47(52(63)58-46(32-39-13-9-6-10-14-39)51(62)54-37(4)53(64)65)57-50(61)45(28-23-38-11-7-5-8-12-38)56-49(60)30-29-48(59)55-43-24-15-36(3)16-25-43/h5-22,24-27,35,37,45-47H,23,28-34H2,1-4H3,(H,54,62)(H,55,59)(H,56,60)(H,57,61)(H,58,63)(H,64,65). The number of rotatable bonds is 24. The van der Waals surface area contributed by atoms with Gasteiger partial charge in [0, 0.05) is 31.4 Å². The number of carbonyl (C=O) groups is 6. The monoisotopic (exact) mass is 895 g/mol. The Hall–Kier alpha value is -7.28. The minimum atomic E-state index is -1.26. The number of aryl methyl sites for hydroxylation is 2. The Kier molecular flexibility index (Phi) is 19.0. The molecule has 5 rings (SSSR count). The molecule has 66 heavy (non-hydrogen) atoms. The summed E-state index contributed by atoms with van der Waals surface area (Å²) in [6.07, 6.45) is 1.27. The second-order valence-corrected chi connectivity index (χ2v) is 17.0. The number of carbonyl (C=O) groups excluding carboxylic acids is 5. The molecule has 5 aromatic rings. The number of nitrogens with one attached hydrogen (secondary N) is 5. The van der Waals surface area contributed by atoms with E-state index in [-0.39, 0.29) is 38.0 Å². The predicted octanol–water partition coefficient (Wildman–Crippen LogP) is 6.65. The van der Waals surface area contributed by atoms with Gasteiger partial charge in [0.25, 0.3) is 0 Å². The lowest BCUT2D eigenvalue weighted by atomic mass is 10.0. The number of hydrogen-bond acceptors (Lipinski definition) is 7. The van der Waals surface area contributed by atoms with Gasteiger partial charge in [-0.3, -0.25) is 28.8 Å². The van der Waals surface area contributed by atoms with Gasteiger partial charge in [-0.25, -0.2) is 0 Å². The van der Waals surface area contributed by atoms with Crippen LogP contribution in [0.1, 0.15) is 73.4 Å². The van der Waals surface area contributed by atoms with Crippen LogP contribution in [0.25, 0.3) is 0 Å². The van der Waals surface area contributed by atoms with Crippen LogP contribution in [-0.4, -0.2) is 64.8 Å². The molecule has 13 heteroatoms. The number of hydrogen-bond donors (Lipinski definition) is 6. The van der Waals surface area contributed by atoms with Crippen LogP contribution in [0.4, 0.5) is 5.69 Å². The Morgan fingerprint density at radius 1 is 0.515 bits per heavy atom. The highest BCUT2D eigenvalue weighted by Gasteiger charge is 2.31. The van der Waals surface area contributed by atoms with E-state index in [0.29, 0.717) is 41.5 Å². The van der Waals surface area contributed by atoms with Crippen LogP contribution in [0.3, 0.4) is 0 Å². The number of carboxylic acid groups (broad SMARTS) is 1. The normalized spacial score (nSPS) is 12.7. The van der Waals surface area contributed by atoms with Gasteiger partial charge in [0.2, 0.25) is 29.5 Å². The van der Waals surface area contributed by atoms with Crippen LogP contribution in [0.5, 0.6) is 5.75 Å². The average Bonchev–Trinajstić information content (AvgIpc) is 3.30. The number of benzene rings is 5. The lowest BCUT2D eigenvalue weighted by molar-refractivity contribution is -0.141. The molecule has 0 aromatic heterocycles. The van der Waals surface area contributed by atoms with Crippen LogP contribution in [0.2, 0.25) is 0 Å². The highest BCUT2D eigenvalue weighted by Crippen LogP contribution is 2.18. The van der Waals surface area contributed by atoms with E-state index in [4.69, 9.17) is 4.74 Å². The summed E-state index contributed by atoms with van der Waals surface area (Å²) < 4.78 is 6.07. The van der Waals surface area contributed by atoms with Gasteiger partial charge in [-0.2, -0.15) is 0 Å². The predicted molar refractivity (Wildman–Crippen MR) is 254 cm³/mol. The van der Waals surface area contributed by atoms with Crippen molar-refractivity contribution in [3.63, 3.8) is 0 Å². The van der Waals surface area contributed by atoms with Crippen molar-refractivity contribution in [2.24, 2.45) is 5.92 Å². The number of amides is 5. The third kappa shape index (κ3) is 17.0. The quantitative estimate of drug-likeness (QED) is 0.0397. The van der Waals surface area contributed by atoms with E-state index in [0.717, 1.165) is 23.1 Å². The fourth-order valence-corrected chi connectivity index (χ4v) is 7.13. The Morgan fingerprint density at radius 2 is 1.00 bits per heavy atom. The molecule has 5 amide bonds. The molecule has 0 fully saturated rings. The van der Waals surface area contributed by atoms with E-state index < -0.39 is 53.8 Å². The summed E-state index contributed by atoms with van der Waals surface area (Å²) in [5.74, 6) is -3.07. The second-order valence-electron chi connectivity index (χ2n) is 17.0. The van der Waals surface area contributed by atoms with Crippen LogP contribution >= 0.6 is 0 Å². The van der Waals surface area contributed by atoms with E-state index in [1.807, 2.05) is 67.6 Å². The highest BCUT2D eigenvalue weighted by molar-refractivity contribution is 5.96. The first-order valence-electron chi connectivity index (χ1n) is 22.4. The second kappa shape index (κ2) is 25.3. The third-order valence-electron chi connectivity index (χ3n) is 10.8. The lowest BCUT2D eigenvalue weighted by Crippen LogP contribution is -2.58. The molecule has 0 aliphatic carbocycles. The van der Waals surface area contributed by atoms with Gasteiger partial charge in [-0.1, -0.05) is 129 Å². The molecule has 0 heterocycles. The van der Waals surface area contributed by atoms with Crippen molar-refractivity contribution < 1.29 is 38.6 Å². The molecule has 6 N–H and O–H groups in total. The molecule has 0 saturated heterocycles. The van der Waals surface area contributed by atoms with E-state index in [2.05, 4.69) is 52.6 Å². The minimum Gasteiger partial charge on any atom is -0.489 e. The molecule has 13 nitrogen and oxygen atoms in total. The minimum absolute atomic E-state index is 0.0150.